The molecule has 0 saturated heterocycles. The minimum absolute atomic E-state index is 0.572. The topological polar surface area (TPSA) is 20.2 Å². The normalized spacial score (nSPS) is 12.7. The van der Waals surface area contributed by atoms with Gasteiger partial charge in [-0.05, 0) is 34.5 Å². The van der Waals surface area contributed by atoms with Crippen molar-refractivity contribution >= 4 is 38.9 Å². The van der Waals surface area contributed by atoms with Crippen molar-refractivity contribution < 1.29 is 5.11 Å². The molecule has 1 nitrogen and oxygen atoms in total. The maximum absolute atomic E-state index is 10.1. The SMILES string of the molecule is OC(c1ccsc1)c1ccc(Br)cc1Cl. The predicted octanol–water partition coefficient (Wildman–Crippen LogP) is 4.25. The van der Waals surface area contributed by atoms with E-state index in [-0.39, 0.29) is 0 Å². The maximum atomic E-state index is 10.1. The van der Waals surface area contributed by atoms with Gasteiger partial charge in [0.05, 0.1) is 0 Å². The highest BCUT2D eigenvalue weighted by Gasteiger charge is 2.14. The third-order valence-corrected chi connectivity index (χ3v) is 3.64. The highest BCUT2D eigenvalue weighted by atomic mass is 79.9. The smallest absolute Gasteiger partial charge is 0.106 e. The zero-order chi connectivity index (χ0) is 10.8. The van der Waals surface area contributed by atoms with Crippen LogP contribution in [0.2, 0.25) is 5.02 Å². The van der Waals surface area contributed by atoms with Gasteiger partial charge in [-0.1, -0.05) is 33.6 Å². The van der Waals surface area contributed by atoms with Crippen LogP contribution in [0, 0.1) is 0 Å². The molecular formula is C11H8BrClOS. The second-order valence-electron chi connectivity index (χ2n) is 3.13. The first-order valence-electron chi connectivity index (χ1n) is 4.33. The van der Waals surface area contributed by atoms with E-state index in [1.54, 1.807) is 17.4 Å². The van der Waals surface area contributed by atoms with E-state index in [1.807, 2.05) is 29.0 Å². The molecule has 0 radical (unpaired) electrons. The molecule has 0 spiro atoms. The van der Waals surface area contributed by atoms with Gasteiger partial charge >= 0.3 is 0 Å². The first-order chi connectivity index (χ1) is 7.18. The molecule has 78 valence electrons. The molecule has 0 aliphatic heterocycles. The fourth-order valence-electron chi connectivity index (χ4n) is 1.33. The van der Waals surface area contributed by atoms with Crippen molar-refractivity contribution in [1.82, 2.24) is 0 Å². The summed E-state index contributed by atoms with van der Waals surface area (Å²) < 4.78 is 0.911. The highest BCUT2D eigenvalue weighted by Crippen LogP contribution is 2.31. The van der Waals surface area contributed by atoms with Crippen LogP contribution >= 0.6 is 38.9 Å². The molecule has 1 N–H and O–H groups in total. The van der Waals surface area contributed by atoms with Crippen LogP contribution in [-0.2, 0) is 0 Å². The summed E-state index contributed by atoms with van der Waals surface area (Å²) in [6, 6.07) is 7.38. The molecule has 2 aromatic rings. The van der Waals surface area contributed by atoms with Crippen LogP contribution in [0.3, 0.4) is 0 Å². The summed E-state index contributed by atoms with van der Waals surface area (Å²) in [6.45, 7) is 0. The quantitative estimate of drug-likeness (QED) is 0.879. The summed E-state index contributed by atoms with van der Waals surface area (Å²) in [4.78, 5) is 0. The van der Waals surface area contributed by atoms with Crippen LogP contribution in [0.5, 0.6) is 0 Å². The maximum Gasteiger partial charge on any atom is 0.106 e. The monoisotopic (exact) mass is 302 g/mol. The number of benzene rings is 1. The fourth-order valence-corrected chi connectivity index (χ4v) is 2.79. The number of hydrogen-bond donors (Lipinski definition) is 1. The summed E-state index contributed by atoms with van der Waals surface area (Å²) in [5.41, 5.74) is 1.61. The Morgan fingerprint density at radius 2 is 2.13 bits per heavy atom. The first kappa shape index (κ1) is 11.1. The summed E-state index contributed by atoms with van der Waals surface area (Å²) in [6.07, 6.45) is -0.642. The van der Waals surface area contributed by atoms with E-state index in [0.717, 1.165) is 15.6 Å². The van der Waals surface area contributed by atoms with Crippen LogP contribution < -0.4 is 0 Å². The summed E-state index contributed by atoms with van der Waals surface area (Å²) in [5.74, 6) is 0. The lowest BCUT2D eigenvalue weighted by atomic mass is 10.0. The van der Waals surface area contributed by atoms with Crippen LogP contribution in [0.15, 0.2) is 39.5 Å². The molecule has 0 aliphatic carbocycles. The number of thiophene rings is 1. The number of hydrogen-bond acceptors (Lipinski definition) is 2. The molecule has 1 aromatic heterocycles. The molecular weight excluding hydrogens is 296 g/mol. The lowest BCUT2D eigenvalue weighted by Gasteiger charge is -2.11. The Morgan fingerprint density at radius 1 is 1.33 bits per heavy atom. The largest absolute Gasteiger partial charge is 0.384 e. The molecule has 0 amide bonds. The van der Waals surface area contributed by atoms with Crippen LogP contribution in [0.25, 0.3) is 0 Å². The Bertz CT molecular complexity index is 456. The third-order valence-electron chi connectivity index (χ3n) is 2.12. The van der Waals surface area contributed by atoms with Gasteiger partial charge in [-0.25, -0.2) is 0 Å². The molecule has 0 fully saturated rings. The molecule has 0 saturated carbocycles. The van der Waals surface area contributed by atoms with E-state index in [4.69, 9.17) is 11.6 Å². The Hall–Kier alpha value is -0.350. The second-order valence-corrected chi connectivity index (χ2v) is 5.23. The lowest BCUT2D eigenvalue weighted by Crippen LogP contribution is -1.98. The molecule has 1 atom stereocenters. The van der Waals surface area contributed by atoms with E-state index >= 15 is 0 Å². The first-order valence-corrected chi connectivity index (χ1v) is 6.45. The van der Waals surface area contributed by atoms with Crippen molar-refractivity contribution in [2.45, 2.75) is 6.10 Å². The zero-order valence-electron chi connectivity index (χ0n) is 7.65. The van der Waals surface area contributed by atoms with Gasteiger partial charge in [0.25, 0.3) is 0 Å². The van der Waals surface area contributed by atoms with Crippen molar-refractivity contribution in [2.24, 2.45) is 0 Å². The standard InChI is InChI=1S/C11H8BrClOS/c12-8-1-2-9(10(13)5-8)11(14)7-3-4-15-6-7/h1-6,11,14H. The Labute approximate surface area is 105 Å². The number of rotatable bonds is 2. The van der Waals surface area contributed by atoms with E-state index in [0.29, 0.717) is 5.02 Å². The average molecular weight is 304 g/mol. The molecule has 2 rings (SSSR count). The molecule has 0 aliphatic rings. The van der Waals surface area contributed by atoms with Gasteiger partial charge in [-0.3, -0.25) is 0 Å². The molecule has 1 heterocycles. The molecule has 4 heteroatoms. The summed E-state index contributed by atoms with van der Waals surface area (Å²) in [7, 11) is 0. The van der Waals surface area contributed by atoms with Crippen molar-refractivity contribution in [2.75, 3.05) is 0 Å². The lowest BCUT2D eigenvalue weighted by molar-refractivity contribution is 0.221. The van der Waals surface area contributed by atoms with Gasteiger partial charge in [0.1, 0.15) is 6.10 Å². The van der Waals surface area contributed by atoms with Gasteiger partial charge < -0.3 is 5.11 Å². The van der Waals surface area contributed by atoms with Gasteiger partial charge in [0.2, 0.25) is 0 Å². The minimum Gasteiger partial charge on any atom is -0.384 e. The van der Waals surface area contributed by atoms with Crippen LogP contribution in [0.1, 0.15) is 17.2 Å². The Balaban J connectivity index is 2.38. The average Bonchev–Trinajstić information content (AvgIpc) is 2.69. The van der Waals surface area contributed by atoms with E-state index in [2.05, 4.69) is 15.9 Å². The Kier molecular flexibility index (Phi) is 3.46. The van der Waals surface area contributed by atoms with Crippen molar-refractivity contribution in [3.05, 3.63) is 55.6 Å². The van der Waals surface area contributed by atoms with Crippen LogP contribution in [-0.4, -0.2) is 5.11 Å². The van der Waals surface area contributed by atoms with Crippen molar-refractivity contribution in [3.63, 3.8) is 0 Å². The number of aliphatic hydroxyl groups is 1. The van der Waals surface area contributed by atoms with E-state index < -0.39 is 6.10 Å². The van der Waals surface area contributed by atoms with E-state index in [9.17, 15) is 5.11 Å². The molecule has 15 heavy (non-hydrogen) atoms. The Morgan fingerprint density at radius 3 is 2.73 bits per heavy atom. The fraction of sp³-hybridized carbons (Fsp3) is 0.0909. The summed E-state index contributed by atoms with van der Waals surface area (Å²) in [5, 5.41) is 14.5. The number of aliphatic hydroxyl groups excluding tert-OH is 1. The van der Waals surface area contributed by atoms with Gasteiger partial charge in [0, 0.05) is 15.1 Å². The minimum atomic E-state index is -0.642. The summed E-state index contributed by atoms with van der Waals surface area (Å²) >= 11 is 10.9. The number of halogens is 2. The van der Waals surface area contributed by atoms with Gasteiger partial charge in [-0.15, -0.1) is 0 Å². The predicted molar refractivity (Wildman–Crippen MR) is 67.5 cm³/mol. The second kappa shape index (κ2) is 4.66. The van der Waals surface area contributed by atoms with Crippen LogP contribution in [0.4, 0.5) is 0 Å². The third kappa shape index (κ3) is 2.42. The van der Waals surface area contributed by atoms with Gasteiger partial charge in [-0.2, -0.15) is 11.3 Å². The van der Waals surface area contributed by atoms with Crippen molar-refractivity contribution in [3.8, 4) is 0 Å². The zero-order valence-corrected chi connectivity index (χ0v) is 10.8. The van der Waals surface area contributed by atoms with Crippen molar-refractivity contribution in [1.29, 1.82) is 0 Å². The van der Waals surface area contributed by atoms with E-state index in [1.165, 1.54) is 0 Å². The van der Waals surface area contributed by atoms with Gasteiger partial charge in [0.15, 0.2) is 0 Å². The molecule has 1 unspecified atom stereocenters. The molecule has 1 aromatic carbocycles. The highest BCUT2D eigenvalue weighted by molar-refractivity contribution is 9.10. The molecule has 0 bridgehead atoms.